The molecule has 0 fully saturated rings. The average molecular weight is 329 g/mol. The molecule has 0 bridgehead atoms. The first-order valence-corrected chi connectivity index (χ1v) is 7.73. The van der Waals surface area contributed by atoms with E-state index in [1.807, 2.05) is 45.9 Å². The minimum atomic E-state index is -1.11. The van der Waals surface area contributed by atoms with Crippen molar-refractivity contribution in [1.82, 2.24) is 5.32 Å². The molecule has 0 spiro atoms. The number of nitrogens with zero attached hydrogens (tertiary/aromatic N) is 1. The van der Waals surface area contributed by atoms with Gasteiger partial charge in [-0.3, -0.25) is 4.79 Å². The van der Waals surface area contributed by atoms with E-state index >= 15 is 0 Å². The van der Waals surface area contributed by atoms with Crippen molar-refractivity contribution in [3.8, 4) is 6.07 Å². The standard InChI is InChI=1S/C18H23N3O3/c1-11(2)8-16(18(23)24)21-17(22)14(9-19)10-20-15-7-5-6-12(3)13(15)4/h5-7,10-11,16,20H,8H2,1-4H3,(H,21,22)(H,23,24)/b14-10-. The van der Waals surface area contributed by atoms with E-state index in [1.165, 1.54) is 6.20 Å². The van der Waals surface area contributed by atoms with Crippen LogP contribution in [0.5, 0.6) is 0 Å². The van der Waals surface area contributed by atoms with Crippen molar-refractivity contribution in [2.24, 2.45) is 5.92 Å². The first-order valence-electron chi connectivity index (χ1n) is 7.73. The zero-order valence-electron chi connectivity index (χ0n) is 14.4. The highest BCUT2D eigenvalue weighted by atomic mass is 16.4. The van der Waals surface area contributed by atoms with E-state index in [0.29, 0.717) is 6.42 Å². The molecule has 1 unspecified atom stereocenters. The summed E-state index contributed by atoms with van der Waals surface area (Å²) in [6, 6.07) is 6.45. The molecule has 0 heterocycles. The molecule has 0 saturated heterocycles. The Bertz CT molecular complexity index is 687. The minimum Gasteiger partial charge on any atom is -0.480 e. The van der Waals surface area contributed by atoms with Crippen LogP contribution in [0.4, 0.5) is 5.69 Å². The van der Waals surface area contributed by atoms with Gasteiger partial charge in [0.15, 0.2) is 0 Å². The van der Waals surface area contributed by atoms with Crippen LogP contribution in [-0.4, -0.2) is 23.0 Å². The summed E-state index contributed by atoms with van der Waals surface area (Å²) in [6.07, 6.45) is 1.59. The third-order valence-corrected chi connectivity index (χ3v) is 3.65. The number of rotatable bonds is 7. The molecule has 0 aliphatic heterocycles. The van der Waals surface area contributed by atoms with Crippen molar-refractivity contribution in [3.63, 3.8) is 0 Å². The van der Waals surface area contributed by atoms with Crippen molar-refractivity contribution in [2.45, 2.75) is 40.2 Å². The number of amides is 1. The number of carbonyl (C=O) groups is 2. The van der Waals surface area contributed by atoms with E-state index in [1.54, 1.807) is 6.07 Å². The van der Waals surface area contributed by atoms with Crippen LogP contribution in [0, 0.1) is 31.1 Å². The SMILES string of the molecule is Cc1cccc(N/C=C(/C#N)C(=O)NC(CC(C)C)C(=O)O)c1C. The van der Waals surface area contributed by atoms with Crippen LogP contribution in [0.15, 0.2) is 30.0 Å². The molecule has 3 N–H and O–H groups in total. The molecule has 6 nitrogen and oxygen atoms in total. The molecule has 128 valence electrons. The minimum absolute atomic E-state index is 0.106. The van der Waals surface area contributed by atoms with Crippen LogP contribution in [0.1, 0.15) is 31.4 Å². The van der Waals surface area contributed by atoms with Gasteiger partial charge < -0.3 is 15.7 Å². The van der Waals surface area contributed by atoms with Gasteiger partial charge in [0.05, 0.1) is 0 Å². The fourth-order valence-corrected chi connectivity index (χ4v) is 2.13. The Hall–Kier alpha value is -2.81. The van der Waals surface area contributed by atoms with Crippen LogP contribution in [0.25, 0.3) is 0 Å². The van der Waals surface area contributed by atoms with Crippen molar-refractivity contribution in [1.29, 1.82) is 5.26 Å². The van der Waals surface area contributed by atoms with Gasteiger partial charge in [-0.05, 0) is 43.4 Å². The predicted molar refractivity (Wildman–Crippen MR) is 92.3 cm³/mol. The van der Waals surface area contributed by atoms with Gasteiger partial charge in [0.25, 0.3) is 5.91 Å². The fourth-order valence-electron chi connectivity index (χ4n) is 2.13. The van der Waals surface area contributed by atoms with Crippen LogP contribution in [0.2, 0.25) is 0 Å². The first-order chi connectivity index (χ1) is 11.3. The lowest BCUT2D eigenvalue weighted by Gasteiger charge is -2.16. The molecule has 0 aromatic heterocycles. The van der Waals surface area contributed by atoms with Gasteiger partial charge in [-0.25, -0.2) is 4.79 Å². The maximum Gasteiger partial charge on any atom is 0.326 e. The van der Waals surface area contributed by atoms with E-state index in [-0.39, 0.29) is 11.5 Å². The molecule has 0 radical (unpaired) electrons. The van der Waals surface area contributed by atoms with Gasteiger partial charge in [-0.2, -0.15) is 5.26 Å². The number of aryl methyl sites for hydroxylation is 1. The van der Waals surface area contributed by atoms with Crippen molar-refractivity contribution < 1.29 is 14.7 Å². The van der Waals surface area contributed by atoms with Crippen molar-refractivity contribution in [3.05, 3.63) is 41.1 Å². The average Bonchev–Trinajstić information content (AvgIpc) is 2.50. The Kier molecular flexibility index (Phi) is 6.99. The summed E-state index contributed by atoms with van der Waals surface area (Å²) >= 11 is 0. The molecule has 1 aromatic carbocycles. The molecular formula is C18H23N3O3. The molecule has 24 heavy (non-hydrogen) atoms. The Labute approximate surface area is 142 Å². The lowest BCUT2D eigenvalue weighted by molar-refractivity contribution is -0.141. The van der Waals surface area contributed by atoms with Crippen LogP contribution >= 0.6 is 0 Å². The molecule has 1 rings (SSSR count). The lowest BCUT2D eigenvalue weighted by Crippen LogP contribution is -2.42. The quantitative estimate of drug-likeness (QED) is 0.527. The number of carboxylic acid groups (broad SMARTS) is 1. The number of hydrogen-bond donors (Lipinski definition) is 3. The summed E-state index contributed by atoms with van der Waals surface area (Å²) < 4.78 is 0. The number of carboxylic acids is 1. The normalized spacial score (nSPS) is 12.4. The number of nitrogens with one attached hydrogen (secondary N) is 2. The molecule has 6 heteroatoms. The monoisotopic (exact) mass is 329 g/mol. The molecule has 1 atom stereocenters. The molecule has 1 aromatic rings. The van der Waals surface area contributed by atoms with E-state index in [4.69, 9.17) is 10.4 Å². The Morgan fingerprint density at radius 3 is 2.54 bits per heavy atom. The van der Waals surface area contributed by atoms with Gasteiger partial charge in [-0.15, -0.1) is 0 Å². The highest BCUT2D eigenvalue weighted by Crippen LogP contribution is 2.18. The van der Waals surface area contributed by atoms with Gasteiger partial charge in [0.2, 0.25) is 0 Å². The Balaban J connectivity index is 2.88. The maximum atomic E-state index is 12.1. The second-order valence-electron chi connectivity index (χ2n) is 6.06. The first kappa shape index (κ1) is 19.2. The summed E-state index contributed by atoms with van der Waals surface area (Å²) in [4.78, 5) is 23.3. The third-order valence-electron chi connectivity index (χ3n) is 3.65. The Morgan fingerprint density at radius 2 is 2.00 bits per heavy atom. The predicted octanol–water partition coefficient (Wildman–Crippen LogP) is 2.74. The second kappa shape index (κ2) is 8.73. The summed E-state index contributed by atoms with van der Waals surface area (Å²) in [6.45, 7) is 7.63. The van der Waals surface area contributed by atoms with Crippen LogP contribution in [0.3, 0.4) is 0 Å². The summed E-state index contributed by atoms with van der Waals surface area (Å²) in [5, 5.41) is 23.7. The third kappa shape index (κ3) is 5.43. The molecule has 0 saturated carbocycles. The highest BCUT2D eigenvalue weighted by molar-refractivity contribution is 5.99. The molecular weight excluding hydrogens is 306 g/mol. The lowest BCUT2D eigenvalue weighted by atomic mass is 10.0. The van der Waals surface area contributed by atoms with Crippen LogP contribution < -0.4 is 10.6 Å². The van der Waals surface area contributed by atoms with Crippen molar-refractivity contribution >= 4 is 17.6 Å². The van der Waals surface area contributed by atoms with E-state index in [9.17, 15) is 9.59 Å². The number of nitriles is 1. The number of benzene rings is 1. The molecule has 1 amide bonds. The van der Waals surface area contributed by atoms with Crippen LogP contribution in [-0.2, 0) is 9.59 Å². The number of aliphatic carboxylic acids is 1. The zero-order valence-corrected chi connectivity index (χ0v) is 14.4. The van der Waals surface area contributed by atoms with Crippen molar-refractivity contribution in [2.75, 3.05) is 5.32 Å². The van der Waals surface area contributed by atoms with E-state index in [2.05, 4.69) is 10.6 Å². The zero-order chi connectivity index (χ0) is 18.3. The largest absolute Gasteiger partial charge is 0.480 e. The highest BCUT2D eigenvalue weighted by Gasteiger charge is 2.22. The molecule has 0 aliphatic carbocycles. The maximum absolute atomic E-state index is 12.1. The summed E-state index contributed by atoms with van der Waals surface area (Å²) in [7, 11) is 0. The van der Waals surface area contributed by atoms with Gasteiger partial charge in [0, 0.05) is 11.9 Å². The smallest absolute Gasteiger partial charge is 0.326 e. The Morgan fingerprint density at radius 1 is 1.33 bits per heavy atom. The topological polar surface area (TPSA) is 102 Å². The number of carbonyl (C=O) groups excluding carboxylic acids is 1. The van der Waals surface area contributed by atoms with Gasteiger partial charge in [-0.1, -0.05) is 26.0 Å². The van der Waals surface area contributed by atoms with Gasteiger partial charge >= 0.3 is 5.97 Å². The summed E-state index contributed by atoms with van der Waals surface area (Å²) in [5.41, 5.74) is 2.70. The fraction of sp³-hybridized carbons (Fsp3) is 0.389. The van der Waals surface area contributed by atoms with E-state index in [0.717, 1.165) is 16.8 Å². The number of hydrogen-bond acceptors (Lipinski definition) is 4. The van der Waals surface area contributed by atoms with Gasteiger partial charge in [0.1, 0.15) is 17.7 Å². The summed E-state index contributed by atoms with van der Waals surface area (Å²) in [5.74, 6) is -1.71. The van der Waals surface area contributed by atoms with E-state index < -0.39 is 17.9 Å². The second-order valence-corrected chi connectivity index (χ2v) is 6.06. The molecule has 0 aliphatic rings. The number of anilines is 1.